The molecule has 1 fully saturated rings. The molecule has 1 aliphatic heterocycles. The van der Waals surface area contributed by atoms with Gasteiger partial charge in [0.05, 0.1) is 22.2 Å². The van der Waals surface area contributed by atoms with E-state index in [9.17, 15) is 24.3 Å². The standard InChI is InChI=1S/C25H32N4O7S/c1-15-20(37-14-27-15)17-7-5-16(6-8-17)12-26-22(32)19-11-18(31)13-29(19)23(33)21(25(2,3)4)28-24(34)36-35-10-9-30/h5-9,14,18-19,21,31H,10-13H2,1-4H3,(H,26,32)(H,28,34)/t18?,19?,21-/m1/s1. The number of hydrogen-bond donors (Lipinski definition) is 3. The first kappa shape index (κ1) is 28.2. The Morgan fingerprint density at radius 1 is 1.27 bits per heavy atom. The molecule has 37 heavy (non-hydrogen) atoms. The molecular formula is C25H32N4O7S. The molecule has 1 aromatic heterocycles. The summed E-state index contributed by atoms with van der Waals surface area (Å²) in [6.07, 6.45) is -1.45. The highest BCUT2D eigenvalue weighted by atomic mass is 32.1. The fourth-order valence-electron chi connectivity index (χ4n) is 4.04. The molecule has 3 atom stereocenters. The number of carbonyl (C=O) groups is 4. The number of aryl methyl sites for hydroxylation is 1. The lowest BCUT2D eigenvalue weighted by molar-refractivity contribution is -0.232. The number of amides is 3. The molecule has 3 amide bonds. The average molecular weight is 533 g/mol. The monoisotopic (exact) mass is 532 g/mol. The van der Waals surface area contributed by atoms with Crippen molar-refractivity contribution in [3.63, 3.8) is 0 Å². The van der Waals surface area contributed by atoms with Crippen molar-refractivity contribution in [2.24, 2.45) is 5.41 Å². The molecule has 0 bridgehead atoms. The van der Waals surface area contributed by atoms with Gasteiger partial charge < -0.3 is 25.4 Å². The van der Waals surface area contributed by atoms with E-state index in [-0.39, 0.29) is 19.5 Å². The van der Waals surface area contributed by atoms with E-state index in [0.29, 0.717) is 6.29 Å². The highest BCUT2D eigenvalue weighted by Crippen LogP contribution is 2.28. The topological polar surface area (TPSA) is 147 Å². The molecule has 200 valence electrons. The van der Waals surface area contributed by atoms with Gasteiger partial charge in [-0.15, -0.1) is 11.3 Å². The maximum atomic E-state index is 13.4. The summed E-state index contributed by atoms with van der Waals surface area (Å²) < 4.78 is 0. The van der Waals surface area contributed by atoms with Gasteiger partial charge >= 0.3 is 6.09 Å². The van der Waals surface area contributed by atoms with Crippen molar-refractivity contribution in [1.82, 2.24) is 20.5 Å². The zero-order valence-electron chi connectivity index (χ0n) is 21.2. The lowest BCUT2D eigenvalue weighted by Crippen LogP contribution is -2.57. The van der Waals surface area contributed by atoms with Crippen LogP contribution in [0.3, 0.4) is 0 Å². The van der Waals surface area contributed by atoms with Crippen LogP contribution in [0.15, 0.2) is 29.8 Å². The molecule has 0 spiro atoms. The Morgan fingerprint density at radius 2 is 1.97 bits per heavy atom. The van der Waals surface area contributed by atoms with Crippen molar-refractivity contribution >= 4 is 35.5 Å². The van der Waals surface area contributed by atoms with Gasteiger partial charge in [0.25, 0.3) is 0 Å². The summed E-state index contributed by atoms with van der Waals surface area (Å²) in [5.41, 5.74) is 3.92. The third-order valence-electron chi connectivity index (χ3n) is 5.94. The molecule has 2 unspecified atom stereocenters. The quantitative estimate of drug-likeness (QED) is 0.192. The molecule has 0 saturated carbocycles. The van der Waals surface area contributed by atoms with Crippen molar-refractivity contribution in [1.29, 1.82) is 0 Å². The van der Waals surface area contributed by atoms with E-state index < -0.39 is 48.1 Å². The van der Waals surface area contributed by atoms with Crippen LogP contribution < -0.4 is 10.6 Å². The van der Waals surface area contributed by atoms with Crippen LogP contribution in [0.5, 0.6) is 0 Å². The van der Waals surface area contributed by atoms with Crippen LogP contribution in [0.4, 0.5) is 4.79 Å². The number of rotatable bonds is 9. The SMILES string of the molecule is Cc1ncsc1-c1ccc(CNC(=O)C2CC(O)CN2C(=O)[C@@H](NC(=O)OOCC=O)C(C)(C)C)cc1. The van der Waals surface area contributed by atoms with Crippen molar-refractivity contribution in [2.45, 2.75) is 58.8 Å². The number of nitrogens with zero attached hydrogens (tertiary/aromatic N) is 2. The number of aliphatic hydroxyl groups is 1. The zero-order chi connectivity index (χ0) is 27.2. The van der Waals surface area contributed by atoms with E-state index in [1.807, 2.05) is 31.2 Å². The normalized spacial score (nSPS) is 18.2. The average Bonchev–Trinajstić information content (AvgIpc) is 3.46. The number of likely N-dealkylation sites (tertiary alicyclic amines) is 1. The molecule has 0 aliphatic carbocycles. The predicted octanol–water partition coefficient (Wildman–Crippen LogP) is 1.97. The fraction of sp³-hybridized carbons (Fsp3) is 0.480. The van der Waals surface area contributed by atoms with Crippen LogP contribution in [-0.4, -0.2) is 70.5 Å². The minimum Gasteiger partial charge on any atom is -0.391 e. The van der Waals surface area contributed by atoms with Crippen molar-refractivity contribution in [2.75, 3.05) is 13.2 Å². The third kappa shape index (κ3) is 7.34. The number of aromatic nitrogens is 1. The third-order valence-corrected chi connectivity index (χ3v) is 6.92. The summed E-state index contributed by atoms with van der Waals surface area (Å²) in [6.45, 7) is 6.91. The van der Waals surface area contributed by atoms with E-state index in [2.05, 4.69) is 25.4 Å². The fourth-order valence-corrected chi connectivity index (χ4v) is 4.85. The Kier molecular flexibility index (Phi) is 9.35. The summed E-state index contributed by atoms with van der Waals surface area (Å²) in [4.78, 5) is 64.4. The van der Waals surface area contributed by atoms with Gasteiger partial charge in [-0.25, -0.2) is 9.78 Å². The second-order valence-electron chi connectivity index (χ2n) is 9.84. The number of nitrogens with one attached hydrogen (secondary N) is 2. The molecule has 1 aliphatic rings. The van der Waals surface area contributed by atoms with Gasteiger partial charge in [0, 0.05) is 19.5 Å². The number of aliphatic hydroxyl groups excluding tert-OH is 1. The highest BCUT2D eigenvalue weighted by molar-refractivity contribution is 7.13. The lowest BCUT2D eigenvalue weighted by Gasteiger charge is -2.34. The largest absolute Gasteiger partial charge is 0.439 e. The smallest absolute Gasteiger partial charge is 0.391 e. The summed E-state index contributed by atoms with van der Waals surface area (Å²) in [5, 5.41) is 15.5. The Morgan fingerprint density at radius 3 is 2.57 bits per heavy atom. The highest BCUT2D eigenvalue weighted by Gasteiger charge is 2.44. The number of thiazole rings is 1. The predicted molar refractivity (Wildman–Crippen MR) is 135 cm³/mol. The van der Waals surface area contributed by atoms with Gasteiger partial charge in [-0.1, -0.05) is 45.0 Å². The Bertz CT molecular complexity index is 1110. The van der Waals surface area contributed by atoms with Gasteiger partial charge in [-0.3, -0.25) is 14.5 Å². The molecule has 2 aromatic rings. The van der Waals surface area contributed by atoms with Crippen LogP contribution in [-0.2, 0) is 30.7 Å². The van der Waals surface area contributed by atoms with E-state index in [4.69, 9.17) is 0 Å². The van der Waals surface area contributed by atoms with Crippen LogP contribution in [0.1, 0.15) is 38.4 Å². The Labute approximate surface area is 219 Å². The lowest BCUT2D eigenvalue weighted by atomic mass is 9.85. The molecule has 3 rings (SSSR count). The molecule has 0 radical (unpaired) electrons. The summed E-state index contributed by atoms with van der Waals surface area (Å²) in [5.74, 6) is -0.947. The minimum atomic E-state index is -1.08. The summed E-state index contributed by atoms with van der Waals surface area (Å²) >= 11 is 1.56. The molecule has 3 N–H and O–H groups in total. The Balaban J connectivity index is 1.65. The number of hydrogen-bond acceptors (Lipinski definition) is 9. The van der Waals surface area contributed by atoms with Gasteiger partial charge in [0.2, 0.25) is 11.8 Å². The van der Waals surface area contributed by atoms with E-state index in [1.165, 1.54) is 4.90 Å². The maximum absolute atomic E-state index is 13.4. The summed E-state index contributed by atoms with van der Waals surface area (Å²) in [6, 6.07) is 5.78. The molecular weight excluding hydrogens is 500 g/mol. The van der Waals surface area contributed by atoms with Crippen LogP contribution >= 0.6 is 11.3 Å². The van der Waals surface area contributed by atoms with E-state index in [1.54, 1.807) is 37.6 Å². The second-order valence-corrected chi connectivity index (χ2v) is 10.7. The number of benzene rings is 1. The first-order chi connectivity index (χ1) is 17.5. The van der Waals surface area contributed by atoms with E-state index >= 15 is 0 Å². The molecule has 1 saturated heterocycles. The van der Waals surface area contributed by atoms with E-state index in [0.717, 1.165) is 21.7 Å². The maximum Gasteiger partial charge on any atom is 0.439 e. The van der Waals surface area contributed by atoms with Gasteiger partial charge in [0.1, 0.15) is 25.0 Å². The number of carbonyl (C=O) groups excluding carboxylic acids is 4. The first-order valence-corrected chi connectivity index (χ1v) is 12.7. The summed E-state index contributed by atoms with van der Waals surface area (Å²) in [7, 11) is 0. The molecule has 2 heterocycles. The number of β-amino-alcohol motifs (C(OH)–C–C–N with tert-alkyl or cyclic N) is 1. The van der Waals surface area contributed by atoms with Crippen LogP contribution in [0, 0.1) is 12.3 Å². The Hall–Kier alpha value is -3.35. The van der Waals surface area contributed by atoms with Crippen molar-refractivity contribution in [3.8, 4) is 10.4 Å². The van der Waals surface area contributed by atoms with Crippen LogP contribution in [0.2, 0.25) is 0 Å². The molecule has 12 heteroatoms. The first-order valence-electron chi connectivity index (χ1n) is 11.8. The minimum absolute atomic E-state index is 0.0508. The second kappa shape index (κ2) is 12.3. The van der Waals surface area contributed by atoms with Gasteiger partial charge in [-0.05, 0) is 23.5 Å². The molecule has 11 nitrogen and oxygen atoms in total. The number of aldehydes is 1. The van der Waals surface area contributed by atoms with Crippen molar-refractivity contribution in [3.05, 3.63) is 41.0 Å². The molecule has 1 aromatic carbocycles. The van der Waals surface area contributed by atoms with Crippen molar-refractivity contribution < 1.29 is 34.1 Å². The van der Waals surface area contributed by atoms with Crippen LogP contribution in [0.25, 0.3) is 10.4 Å². The zero-order valence-corrected chi connectivity index (χ0v) is 22.0. The van der Waals surface area contributed by atoms with Gasteiger partial charge in [0.15, 0.2) is 0 Å². The van der Waals surface area contributed by atoms with Gasteiger partial charge in [-0.2, -0.15) is 4.89 Å².